The minimum atomic E-state index is 0.402. The SMILES string of the molecule is Cc1nn(C)c(C)c1CCCN=C(N)Nc1ccc2c(c1)OCCCO2. The molecule has 1 aliphatic rings. The number of aryl methyl sites for hydroxylation is 2. The van der Waals surface area contributed by atoms with Gasteiger partial charge in [0, 0.05) is 37.5 Å². The van der Waals surface area contributed by atoms with E-state index < -0.39 is 0 Å². The number of aromatic nitrogens is 2. The number of guanidine groups is 1. The smallest absolute Gasteiger partial charge is 0.193 e. The highest BCUT2D eigenvalue weighted by Gasteiger charge is 2.11. The van der Waals surface area contributed by atoms with Crippen molar-refractivity contribution in [1.82, 2.24) is 9.78 Å². The van der Waals surface area contributed by atoms with Gasteiger partial charge in [0.25, 0.3) is 0 Å². The zero-order valence-electron chi connectivity index (χ0n) is 15.7. The number of hydrogen-bond donors (Lipinski definition) is 2. The van der Waals surface area contributed by atoms with Crippen molar-refractivity contribution in [2.24, 2.45) is 17.8 Å². The van der Waals surface area contributed by atoms with E-state index in [0.717, 1.165) is 42.1 Å². The van der Waals surface area contributed by atoms with Crippen molar-refractivity contribution in [2.75, 3.05) is 25.1 Å². The number of ether oxygens (including phenoxy) is 2. The van der Waals surface area contributed by atoms with Gasteiger partial charge >= 0.3 is 0 Å². The summed E-state index contributed by atoms with van der Waals surface area (Å²) < 4.78 is 13.2. The van der Waals surface area contributed by atoms with Gasteiger partial charge in [-0.1, -0.05) is 0 Å². The molecule has 3 rings (SSSR count). The first-order chi connectivity index (χ1) is 12.5. The Hall–Kier alpha value is -2.70. The summed E-state index contributed by atoms with van der Waals surface area (Å²) in [5, 5.41) is 7.56. The molecule has 0 fully saturated rings. The Kier molecular flexibility index (Phi) is 5.65. The van der Waals surface area contributed by atoms with E-state index in [1.807, 2.05) is 36.9 Å². The van der Waals surface area contributed by atoms with Gasteiger partial charge in [-0.3, -0.25) is 9.67 Å². The lowest BCUT2D eigenvalue weighted by Crippen LogP contribution is -2.23. The lowest BCUT2D eigenvalue weighted by molar-refractivity contribution is 0.297. The Labute approximate surface area is 154 Å². The molecule has 1 aliphatic heterocycles. The first kappa shape index (κ1) is 18.1. The van der Waals surface area contributed by atoms with Crippen LogP contribution in [0.15, 0.2) is 23.2 Å². The number of nitrogens with two attached hydrogens (primary N) is 1. The molecule has 7 nitrogen and oxygen atoms in total. The summed E-state index contributed by atoms with van der Waals surface area (Å²) in [5.74, 6) is 1.91. The Morgan fingerprint density at radius 2 is 2.04 bits per heavy atom. The number of nitrogens with zero attached hydrogens (tertiary/aromatic N) is 3. The maximum absolute atomic E-state index is 6.01. The van der Waals surface area contributed by atoms with Crippen molar-refractivity contribution in [3.05, 3.63) is 35.2 Å². The van der Waals surface area contributed by atoms with Crippen LogP contribution in [0.3, 0.4) is 0 Å². The van der Waals surface area contributed by atoms with Gasteiger partial charge in [0.05, 0.1) is 18.9 Å². The van der Waals surface area contributed by atoms with E-state index in [9.17, 15) is 0 Å². The van der Waals surface area contributed by atoms with Gasteiger partial charge in [-0.25, -0.2) is 0 Å². The Morgan fingerprint density at radius 3 is 2.77 bits per heavy atom. The molecule has 7 heteroatoms. The molecule has 0 bridgehead atoms. The maximum atomic E-state index is 6.01. The quantitative estimate of drug-likeness (QED) is 0.488. The predicted molar refractivity (Wildman–Crippen MR) is 103 cm³/mol. The van der Waals surface area contributed by atoms with Crippen molar-refractivity contribution in [2.45, 2.75) is 33.1 Å². The molecule has 26 heavy (non-hydrogen) atoms. The summed E-state index contributed by atoms with van der Waals surface area (Å²) in [7, 11) is 1.97. The molecule has 0 saturated heterocycles. The van der Waals surface area contributed by atoms with Gasteiger partial charge in [0.15, 0.2) is 17.5 Å². The normalized spacial score (nSPS) is 14.2. The van der Waals surface area contributed by atoms with E-state index in [1.54, 1.807) is 0 Å². The number of nitrogens with one attached hydrogen (secondary N) is 1. The van der Waals surface area contributed by atoms with Gasteiger partial charge in [0.2, 0.25) is 0 Å². The fourth-order valence-electron chi connectivity index (χ4n) is 3.06. The van der Waals surface area contributed by atoms with E-state index in [-0.39, 0.29) is 0 Å². The van der Waals surface area contributed by atoms with Gasteiger partial charge in [0.1, 0.15) is 0 Å². The van der Waals surface area contributed by atoms with Gasteiger partial charge in [-0.05, 0) is 44.4 Å². The van der Waals surface area contributed by atoms with Crippen LogP contribution in [0.5, 0.6) is 11.5 Å². The van der Waals surface area contributed by atoms with E-state index in [0.29, 0.717) is 25.7 Å². The molecule has 0 unspecified atom stereocenters. The third-order valence-corrected chi connectivity index (χ3v) is 4.55. The zero-order chi connectivity index (χ0) is 18.5. The Balaban J connectivity index is 1.53. The second-order valence-corrected chi connectivity index (χ2v) is 6.48. The molecule has 140 valence electrons. The molecular weight excluding hydrogens is 330 g/mol. The van der Waals surface area contributed by atoms with Crippen molar-refractivity contribution in [3.63, 3.8) is 0 Å². The second kappa shape index (κ2) is 8.12. The molecule has 0 aliphatic carbocycles. The summed E-state index contributed by atoms with van der Waals surface area (Å²) in [6.07, 6.45) is 2.76. The molecular formula is C19H27N5O2. The van der Waals surface area contributed by atoms with Crippen LogP contribution in [-0.2, 0) is 13.5 Å². The number of fused-ring (bicyclic) bond motifs is 1. The molecule has 0 spiro atoms. The van der Waals surface area contributed by atoms with Crippen LogP contribution in [0.1, 0.15) is 29.8 Å². The van der Waals surface area contributed by atoms with Crippen LogP contribution < -0.4 is 20.5 Å². The van der Waals surface area contributed by atoms with Crippen molar-refractivity contribution >= 4 is 11.6 Å². The van der Waals surface area contributed by atoms with Crippen LogP contribution in [-0.4, -0.2) is 35.5 Å². The van der Waals surface area contributed by atoms with Crippen LogP contribution >= 0.6 is 0 Å². The fourth-order valence-corrected chi connectivity index (χ4v) is 3.06. The molecule has 0 saturated carbocycles. The first-order valence-corrected chi connectivity index (χ1v) is 9.00. The summed E-state index contributed by atoms with van der Waals surface area (Å²) >= 11 is 0. The average Bonchev–Trinajstić information content (AvgIpc) is 2.79. The van der Waals surface area contributed by atoms with E-state index in [4.69, 9.17) is 15.2 Å². The lowest BCUT2D eigenvalue weighted by atomic mass is 10.1. The summed E-state index contributed by atoms with van der Waals surface area (Å²) in [6, 6.07) is 5.70. The van der Waals surface area contributed by atoms with E-state index >= 15 is 0 Å². The summed E-state index contributed by atoms with van der Waals surface area (Å²) in [5.41, 5.74) is 10.5. The fraction of sp³-hybridized carbons (Fsp3) is 0.474. The van der Waals surface area contributed by atoms with Gasteiger partial charge in [-0.15, -0.1) is 0 Å². The topological polar surface area (TPSA) is 86.7 Å². The molecule has 2 aromatic rings. The maximum Gasteiger partial charge on any atom is 0.193 e. The second-order valence-electron chi connectivity index (χ2n) is 6.48. The monoisotopic (exact) mass is 357 g/mol. The highest BCUT2D eigenvalue weighted by atomic mass is 16.5. The predicted octanol–water partition coefficient (Wildman–Crippen LogP) is 2.56. The summed E-state index contributed by atoms with van der Waals surface area (Å²) in [4.78, 5) is 4.42. The third kappa shape index (κ3) is 4.28. The van der Waals surface area contributed by atoms with Crippen LogP contribution in [0.25, 0.3) is 0 Å². The first-order valence-electron chi connectivity index (χ1n) is 9.00. The molecule has 0 amide bonds. The van der Waals surface area contributed by atoms with E-state index in [1.165, 1.54) is 11.3 Å². The lowest BCUT2D eigenvalue weighted by Gasteiger charge is -2.10. The van der Waals surface area contributed by atoms with Gasteiger partial charge < -0.3 is 20.5 Å². The molecule has 1 aromatic carbocycles. The number of aliphatic imine (C=N–C) groups is 1. The largest absolute Gasteiger partial charge is 0.490 e. The standard InChI is InChI=1S/C19H27N5O2/c1-13-16(14(2)24(3)23-13)6-4-9-21-19(20)22-15-7-8-17-18(12-15)26-11-5-10-25-17/h7-8,12H,4-6,9-11H2,1-3H3,(H3,20,21,22). The van der Waals surface area contributed by atoms with E-state index in [2.05, 4.69) is 22.3 Å². The Bertz CT molecular complexity index is 797. The molecule has 2 heterocycles. The Morgan fingerprint density at radius 1 is 1.27 bits per heavy atom. The molecule has 0 radical (unpaired) electrons. The molecule has 3 N–H and O–H groups in total. The van der Waals surface area contributed by atoms with Crippen molar-refractivity contribution < 1.29 is 9.47 Å². The minimum absolute atomic E-state index is 0.402. The number of anilines is 1. The van der Waals surface area contributed by atoms with Crippen molar-refractivity contribution in [3.8, 4) is 11.5 Å². The summed E-state index contributed by atoms with van der Waals surface area (Å²) in [6.45, 7) is 6.15. The van der Waals surface area contributed by atoms with Gasteiger partial charge in [-0.2, -0.15) is 5.10 Å². The van der Waals surface area contributed by atoms with Crippen LogP contribution in [0.2, 0.25) is 0 Å². The molecule has 1 aromatic heterocycles. The highest BCUT2D eigenvalue weighted by molar-refractivity contribution is 5.92. The molecule has 0 atom stereocenters. The average molecular weight is 357 g/mol. The van der Waals surface area contributed by atoms with Crippen LogP contribution in [0, 0.1) is 13.8 Å². The highest BCUT2D eigenvalue weighted by Crippen LogP contribution is 2.32. The van der Waals surface area contributed by atoms with Crippen LogP contribution in [0.4, 0.5) is 5.69 Å². The number of benzene rings is 1. The number of hydrogen-bond acceptors (Lipinski definition) is 4. The van der Waals surface area contributed by atoms with Crippen molar-refractivity contribution in [1.29, 1.82) is 0 Å². The minimum Gasteiger partial charge on any atom is -0.490 e. The third-order valence-electron chi connectivity index (χ3n) is 4.55. The zero-order valence-corrected chi connectivity index (χ0v) is 15.7. The number of rotatable bonds is 5.